The molecule has 2 aromatic heterocycles. The van der Waals surface area contributed by atoms with Crippen LogP contribution >= 0.6 is 0 Å². The number of nitrogens with zero attached hydrogens (tertiary/aromatic N) is 3. The van der Waals surface area contributed by atoms with E-state index in [-0.39, 0.29) is 23.5 Å². The van der Waals surface area contributed by atoms with Crippen LogP contribution in [-0.2, 0) is 12.8 Å². The first kappa shape index (κ1) is 18.2. The first-order valence-corrected chi connectivity index (χ1v) is 9.38. The van der Waals surface area contributed by atoms with Gasteiger partial charge in [-0.1, -0.05) is 19.1 Å². The van der Waals surface area contributed by atoms with Crippen molar-refractivity contribution in [3.8, 4) is 11.3 Å². The van der Waals surface area contributed by atoms with E-state index in [1.807, 2.05) is 25.1 Å². The maximum atomic E-state index is 14.1. The molecular weight excluding hydrogens is 355 g/mol. The molecule has 0 saturated heterocycles. The van der Waals surface area contributed by atoms with E-state index in [1.54, 1.807) is 13.0 Å². The number of hydrogen-bond donors (Lipinski definition) is 1. The van der Waals surface area contributed by atoms with Crippen molar-refractivity contribution in [1.82, 2.24) is 15.0 Å². The molecule has 5 nitrogen and oxygen atoms in total. The van der Waals surface area contributed by atoms with Crippen molar-refractivity contribution >= 4 is 11.7 Å². The Labute approximate surface area is 162 Å². The summed E-state index contributed by atoms with van der Waals surface area (Å²) >= 11 is 0. The molecule has 1 atom stereocenters. The standard InChI is InChI=1S/C22H21FN4O/c1-3-15-5-4-6-18(26-15)17-11-14(23)7-8-16(17)13-9-19-21(20(28)10-13)12(2)25-22(24)27-19/h4-8,11,13H,3,9-10H2,1-2H3,(H2,24,25,27). The Hall–Kier alpha value is -3.15. The van der Waals surface area contributed by atoms with Gasteiger partial charge < -0.3 is 5.73 Å². The summed E-state index contributed by atoms with van der Waals surface area (Å²) in [6, 6.07) is 10.4. The van der Waals surface area contributed by atoms with Gasteiger partial charge in [0.25, 0.3) is 0 Å². The van der Waals surface area contributed by atoms with Gasteiger partial charge in [-0.3, -0.25) is 9.78 Å². The van der Waals surface area contributed by atoms with Crippen molar-refractivity contribution in [2.24, 2.45) is 0 Å². The number of pyridine rings is 1. The van der Waals surface area contributed by atoms with E-state index in [0.29, 0.717) is 35.5 Å². The van der Waals surface area contributed by atoms with Crippen molar-refractivity contribution in [3.05, 3.63) is 70.4 Å². The highest BCUT2D eigenvalue weighted by atomic mass is 19.1. The SMILES string of the molecule is CCc1cccc(-c2cc(F)ccc2C2CC(=O)c3c(C)nc(N)nc3C2)n1. The lowest BCUT2D eigenvalue weighted by Gasteiger charge is -2.26. The predicted octanol–water partition coefficient (Wildman–Crippen LogP) is 4.04. The predicted molar refractivity (Wildman–Crippen MR) is 106 cm³/mol. The number of anilines is 1. The summed E-state index contributed by atoms with van der Waals surface area (Å²) < 4.78 is 14.1. The average molecular weight is 376 g/mol. The van der Waals surface area contributed by atoms with Crippen molar-refractivity contribution in [3.63, 3.8) is 0 Å². The van der Waals surface area contributed by atoms with Gasteiger partial charge in [0, 0.05) is 17.7 Å². The maximum absolute atomic E-state index is 14.1. The fourth-order valence-electron chi connectivity index (χ4n) is 3.95. The van der Waals surface area contributed by atoms with Gasteiger partial charge in [0.1, 0.15) is 5.82 Å². The van der Waals surface area contributed by atoms with Crippen LogP contribution in [0.1, 0.15) is 52.3 Å². The monoisotopic (exact) mass is 376 g/mol. The third-order valence-electron chi connectivity index (χ3n) is 5.23. The first-order valence-electron chi connectivity index (χ1n) is 9.38. The van der Waals surface area contributed by atoms with E-state index in [9.17, 15) is 9.18 Å². The van der Waals surface area contributed by atoms with Gasteiger partial charge in [0.2, 0.25) is 5.95 Å². The van der Waals surface area contributed by atoms with E-state index >= 15 is 0 Å². The number of aromatic nitrogens is 3. The van der Waals surface area contributed by atoms with E-state index in [1.165, 1.54) is 12.1 Å². The summed E-state index contributed by atoms with van der Waals surface area (Å²) in [5.74, 6) is -0.278. The summed E-state index contributed by atoms with van der Waals surface area (Å²) in [5.41, 5.74) is 10.9. The minimum Gasteiger partial charge on any atom is -0.368 e. The molecule has 4 rings (SSSR count). The van der Waals surface area contributed by atoms with E-state index < -0.39 is 0 Å². The second-order valence-electron chi connectivity index (χ2n) is 7.12. The molecule has 6 heteroatoms. The molecule has 0 aliphatic heterocycles. The lowest BCUT2D eigenvalue weighted by atomic mass is 9.79. The van der Waals surface area contributed by atoms with Crippen LogP contribution in [0.5, 0.6) is 0 Å². The van der Waals surface area contributed by atoms with Crippen molar-refractivity contribution in [2.75, 3.05) is 5.73 Å². The molecule has 1 aliphatic rings. The average Bonchev–Trinajstić information content (AvgIpc) is 2.67. The van der Waals surface area contributed by atoms with Crippen molar-refractivity contribution < 1.29 is 9.18 Å². The zero-order valence-electron chi connectivity index (χ0n) is 15.9. The van der Waals surface area contributed by atoms with Gasteiger partial charge in [-0.05, 0) is 55.5 Å². The smallest absolute Gasteiger partial charge is 0.220 e. The van der Waals surface area contributed by atoms with Gasteiger partial charge in [-0.15, -0.1) is 0 Å². The summed E-state index contributed by atoms with van der Waals surface area (Å²) in [6.45, 7) is 3.81. The van der Waals surface area contributed by atoms with Crippen LogP contribution in [0.4, 0.5) is 10.3 Å². The van der Waals surface area contributed by atoms with Gasteiger partial charge in [0.15, 0.2) is 5.78 Å². The number of hydrogen-bond acceptors (Lipinski definition) is 5. The quantitative estimate of drug-likeness (QED) is 0.746. The number of halogens is 1. The third-order valence-corrected chi connectivity index (χ3v) is 5.23. The lowest BCUT2D eigenvalue weighted by Crippen LogP contribution is -2.23. The Morgan fingerprint density at radius 3 is 2.75 bits per heavy atom. The third kappa shape index (κ3) is 3.26. The maximum Gasteiger partial charge on any atom is 0.220 e. The molecule has 2 N–H and O–H groups in total. The highest BCUT2D eigenvalue weighted by Gasteiger charge is 2.31. The number of nitrogens with two attached hydrogens (primary N) is 1. The highest BCUT2D eigenvalue weighted by Crippen LogP contribution is 2.38. The number of carbonyl (C=O) groups is 1. The van der Waals surface area contributed by atoms with Crippen LogP contribution in [-0.4, -0.2) is 20.7 Å². The second-order valence-corrected chi connectivity index (χ2v) is 7.12. The van der Waals surface area contributed by atoms with Gasteiger partial charge in [-0.25, -0.2) is 14.4 Å². The molecule has 0 radical (unpaired) electrons. The van der Waals surface area contributed by atoms with Crippen LogP contribution in [0.25, 0.3) is 11.3 Å². The van der Waals surface area contributed by atoms with E-state index in [0.717, 1.165) is 23.2 Å². The minimum atomic E-state index is -0.326. The number of aryl methyl sites for hydroxylation is 2. The fraction of sp³-hybridized carbons (Fsp3) is 0.273. The van der Waals surface area contributed by atoms with Crippen LogP contribution in [0.2, 0.25) is 0 Å². The molecule has 1 unspecified atom stereocenters. The molecule has 3 aromatic rings. The van der Waals surface area contributed by atoms with Crippen molar-refractivity contribution in [2.45, 2.75) is 39.0 Å². The largest absolute Gasteiger partial charge is 0.368 e. The fourth-order valence-corrected chi connectivity index (χ4v) is 3.95. The number of rotatable bonds is 3. The minimum absolute atomic E-state index is 0.00528. The highest BCUT2D eigenvalue weighted by molar-refractivity contribution is 6.00. The summed E-state index contributed by atoms with van der Waals surface area (Å²) in [5, 5.41) is 0. The van der Waals surface area contributed by atoms with Crippen molar-refractivity contribution in [1.29, 1.82) is 0 Å². The Bertz CT molecular complexity index is 1080. The van der Waals surface area contributed by atoms with E-state index in [4.69, 9.17) is 5.73 Å². The molecule has 0 bridgehead atoms. The van der Waals surface area contributed by atoms with Crippen LogP contribution in [0.3, 0.4) is 0 Å². The van der Waals surface area contributed by atoms with Crippen LogP contribution in [0, 0.1) is 12.7 Å². The summed E-state index contributed by atoms with van der Waals surface area (Å²) in [4.78, 5) is 25.9. The summed E-state index contributed by atoms with van der Waals surface area (Å²) in [7, 11) is 0. The van der Waals surface area contributed by atoms with Gasteiger partial charge in [0.05, 0.1) is 22.6 Å². The number of nitrogen functional groups attached to an aromatic ring is 1. The number of fused-ring (bicyclic) bond motifs is 1. The zero-order chi connectivity index (χ0) is 19.8. The molecule has 28 heavy (non-hydrogen) atoms. The Balaban J connectivity index is 1.81. The Morgan fingerprint density at radius 2 is 1.96 bits per heavy atom. The number of benzene rings is 1. The number of Topliss-reactive ketones (excluding diaryl/α,β-unsaturated/α-hetero) is 1. The molecule has 0 fully saturated rings. The Kier molecular flexibility index (Phi) is 4.63. The summed E-state index contributed by atoms with van der Waals surface area (Å²) in [6.07, 6.45) is 1.68. The lowest BCUT2D eigenvalue weighted by molar-refractivity contribution is 0.0962. The van der Waals surface area contributed by atoms with Gasteiger partial charge >= 0.3 is 0 Å². The molecule has 1 aromatic carbocycles. The second kappa shape index (κ2) is 7.11. The molecule has 2 heterocycles. The van der Waals surface area contributed by atoms with Gasteiger partial charge in [-0.2, -0.15) is 0 Å². The number of carbonyl (C=O) groups excluding carboxylic acids is 1. The molecule has 0 amide bonds. The molecule has 1 aliphatic carbocycles. The normalized spacial score (nSPS) is 16.1. The van der Waals surface area contributed by atoms with E-state index in [2.05, 4.69) is 15.0 Å². The molecule has 0 spiro atoms. The molecular formula is C22H21FN4O. The first-order chi connectivity index (χ1) is 13.5. The van der Waals surface area contributed by atoms with Crippen LogP contribution in [0.15, 0.2) is 36.4 Å². The Morgan fingerprint density at radius 1 is 1.14 bits per heavy atom. The van der Waals surface area contributed by atoms with Crippen LogP contribution < -0.4 is 5.73 Å². The zero-order valence-corrected chi connectivity index (χ0v) is 15.9. The topological polar surface area (TPSA) is 81.8 Å². The molecule has 142 valence electrons. The number of ketones is 1. The molecule has 0 saturated carbocycles.